The van der Waals surface area contributed by atoms with Gasteiger partial charge in [0.15, 0.2) is 10.8 Å². The molecule has 5 aromatic rings. The number of fused-ring (bicyclic) bond motifs is 1. The number of rotatable bonds is 5. The van der Waals surface area contributed by atoms with Gasteiger partial charge in [-0.3, -0.25) is 9.82 Å². The molecule has 4 aromatic heterocycles. The molecule has 1 aromatic carbocycles. The van der Waals surface area contributed by atoms with Gasteiger partial charge in [0.2, 0.25) is 0 Å². The zero-order chi connectivity index (χ0) is 22.1. The van der Waals surface area contributed by atoms with Gasteiger partial charge in [0.1, 0.15) is 6.33 Å². The molecule has 0 fully saturated rings. The number of pyridine rings is 2. The molecule has 0 aliphatic heterocycles. The number of sulfonamides is 1. The van der Waals surface area contributed by atoms with Gasteiger partial charge in [-0.25, -0.2) is 28.4 Å². The average molecular weight is 464 g/mol. The second-order valence-electron chi connectivity index (χ2n) is 6.80. The van der Waals surface area contributed by atoms with E-state index in [4.69, 9.17) is 11.6 Å². The summed E-state index contributed by atoms with van der Waals surface area (Å²) < 4.78 is 27.9. The minimum atomic E-state index is -3.82. The normalized spacial score (nSPS) is 11.5. The number of benzene rings is 1. The number of hydrogen-bond donors (Lipinski definition) is 2. The van der Waals surface area contributed by atoms with Crippen LogP contribution in [0.3, 0.4) is 0 Å². The van der Waals surface area contributed by atoms with E-state index in [1.165, 1.54) is 18.5 Å². The maximum absolute atomic E-state index is 12.7. The van der Waals surface area contributed by atoms with Crippen molar-refractivity contribution in [3.8, 4) is 22.4 Å². The maximum atomic E-state index is 12.7. The Bertz CT molecular complexity index is 1520. The predicted octanol–water partition coefficient (Wildman–Crippen LogP) is 3.93. The summed E-state index contributed by atoms with van der Waals surface area (Å²) in [5.74, 6) is 0. The molecular weight excluding hydrogens is 450 g/mol. The third-order valence-corrected chi connectivity index (χ3v) is 6.41. The summed E-state index contributed by atoms with van der Waals surface area (Å²) in [7, 11) is -3.82. The lowest BCUT2D eigenvalue weighted by molar-refractivity contribution is 0.601. The van der Waals surface area contributed by atoms with Crippen LogP contribution in [0.4, 0.5) is 5.69 Å². The molecule has 0 aliphatic carbocycles. The molecule has 5 rings (SSSR count). The Hall–Kier alpha value is -3.89. The fourth-order valence-corrected chi connectivity index (χ4v) is 4.47. The zero-order valence-electron chi connectivity index (χ0n) is 16.3. The van der Waals surface area contributed by atoms with E-state index in [1.807, 2.05) is 6.07 Å². The number of halogens is 1. The fraction of sp³-hybridized carbons (Fsp3) is 0. The molecule has 9 nitrogen and oxygen atoms in total. The molecular formula is C21H14ClN7O2S. The molecule has 4 heterocycles. The number of H-pyrrole nitrogens is 1. The lowest BCUT2D eigenvalue weighted by Gasteiger charge is -2.11. The van der Waals surface area contributed by atoms with Gasteiger partial charge < -0.3 is 0 Å². The van der Waals surface area contributed by atoms with Gasteiger partial charge in [-0.1, -0.05) is 29.8 Å². The van der Waals surface area contributed by atoms with E-state index in [0.717, 1.165) is 16.6 Å². The molecule has 0 spiro atoms. The van der Waals surface area contributed by atoms with Gasteiger partial charge in [-0.05, 0) is 24.3 Å². The molecule has 0 unspecified atom stereocenters. The van der Waals surface area contributed by atoms with Crippen molar-refractivity contribution in [2.24, 2.45) is 0 Å². The summed E-state index contributed by atoms with van der Waals surface area (Å²) >= 11 is 6.18. The van der Waals surface area contributed by atoms with Crippen molar-refractivity contribution in [3.05, 3.63) is 78.7 Å². The summed E-state index contributed by atoms with van der Waals surface area (Å²) in [6.07, 6.45) is 7.98. The van der Waals surface area contributed by atoms with E-state index in [9.17, 15) is 8.42 Å². The molecule has 0 bridgehead atoms. The highest BCUT2D eigenvalue weighted by molar-refractivity contribution is 7.92. The Morgan fingerprint density at radius 2 is 1.59 bits per heavy atom. The Kier molecular flexibility index (Phi) is 5.00. The minimum Gasteiger partial charge on any atom is -0.276 e. The molecule has 0 amide bonds. The Morgan fingerprint density at radius 1 is 0.875 bits per heavy atom. The number of hydrogen-bond acceptors (Lipinski definition) is 7. The van der Waals surface area contributed by atoms with Crippen molar-refractivity contribution in [2.75, 3.05) is 4.72 Å². The second kappa shape index (κ2) is 7.98. The molecule has 0 atom stereocenters. The summed E-state index contributed by atoms with van der Waals surface area (Å²) in [5, 5.41) is 7.98. The van der Waals surface area contributed by atoms with Crippen molar-refractivity contribution in [2.45, 2.75) is 4.90 Å². The number of nitrogens with one attached hydrogen (secondary N) is 2. The molecule has 0 radical (unpaired) electrons. The van der Waals surface area contributed by atoms with Crippen LogP contribution in [0.2, 0.25) is 5.15 Å². The highest BCUT2D eigenvalue weighted by atomic mass is 35.5. The van der Waals surface area contributed by atoms with Crippen molar-refractivity contribution in [1.82, 2.24) is 30.1 Å². The van der Waals surface area contributed by atoms with Crippen LogP contribution in [-0.4, -0.2) is 38.6 Å². The van der Waals surface area contributed by atoms with E-state index in [0.29, 0.717) is 16.8 Å². The van der Waals surface area contributed by atoms with E-state index in [-0.39, 0.29) is 15.7 Å². The smallest absolute Gasteiger partial charge is 0.261 e. The first-order valence-electron chi connectivity index (χ1n) is 9.34. The quantitative estimate of drug-likeness (QED) is 0.378. The maximum Gasteiger partial charge on any atom is 0.261 e. The highest BCUT2D eigenvalue weighted by Crippen LogP contribution is 2.31. The molecule has 0 saturated heterocycles. The summed E-state index contributed by atoms with van der Waals surface area (Å²) in [6.45, 7) is 0. The Labute approximate surface area is 187 Å². The summed E-state index contributed by atoms with van der Waals surface area (Å²) in [5.41, 5.74) is 3.52. The Balaban J connectivity index is 1.55. The molecule has 158 valence electrons. The second-order valence-corrected chi connectivity index (χ2v) is 8.84. The van der Waals surface area contributed by atoms with Crippen molar-refractivity contribution in [1.29, 1.82) is 0 Å². The van der Waals surface area contributed by atoms with Crippen LogP contribution in [0, 0.1) is 0 Å². The average Bonchev–Trinajstić information content (AvgIpc) is 3.25. The summed E-state index contributed by atoms with van der Waals surface area (Å²) in [6, 6.07) is 11.5. The topological polar surface area (TPSA) is 126 Å². The molecule has 32 heavy (non-hydrogen) atoms. The van der Waals surface area contributed by atoms with E-state index in [1.54, 1.807) is 49.1 Å². The van der Waals surface area contributed by atoms with Gasteiger partial charge in [0.25, 0.3) is 10.0 Å². The van der Waals surface area contributed by atoms with E-state index < -0.39 is 10.0 Å². The van der Waals surface area contributed by atoms with Gasteiger partial charge in [0.05, 0.1) is 16.3 Å². The lowest BCUT2D eigenvalue weighted by Crippen LogP contribution is -2.13. The van der Waals surface area contributed by atoms with Crippen LogP contribution in [-0.2, 0) is 10.0 Å². The molecule has 2 N–H and O–H groups in total. The van der Waals surface area contributed by atoms with Gasteiger partial charge in [-0.2, -0.15) is 5.10 Å². The number of nitrogens with zero attached hydrogens (tertiary/aromatic N) is 5. The third-order valence-electron chi connectivity index (χ3n) is 4.73. The zero-order valence-corrected chi connectivity index (χ0v) is 17.8. The van der Waals surface area contributed by atoms with Crippen molar-refractivity contribution < 1.29 is 8.42 Å². The van der Waals surface area contributed by atoms with Gasteiger partial charge in [-0.15, -0.1) is 0 Å². The Morgan fingerprint density at radius 3 is 2.38 bits per heavy atom. The first-order chi connectivity index (χ1) is 15.5. The van der Waals surface area contributed by atoms with E-state index >= 15 is 0 Å². The third kappa shape index (κ3) is 3.77. The van der Waals surface area contributed by atoms with Gasteiger partial charge in [0, 0.05) is 46.9 Å². The highest BCUT2D eigenvalue weighted by Gasteiger charge is 2.17. The monoisotopic (exact) mass is 463 g/mol. The first-order valence-corrected chi connectivity index (χ1v) is 11.2. The van der Waals surface area contributed by atoms with Crippen LogP contribution in [0.1, 0.15) is 0 Å². The van der Waals surface area contributed by atoms with Crippen LogP contribution < -0.4 is 4.72 Å². The van der Waals surface area contributed by atoms with Crippen molar-refractivity contribution >= 4 is 38.3 Å². The lowest BCUT2D eigenvalue weighted by atomic mass is 10.1. The number of anilines is 1. The first kappa shape index (κ1) is 20.0. The summed E-state index contributed by atoms with van der Waals surface area (Å²) in [4.78, 5) is 16.7. The number of aromatic nitrogens is 6. The van der Waals surface area contributed by atoms with E-state index in [2.05, 4.69) is 34.9 Å². The van der Waals surface area contributed by atoms with Crippen LogP contribution in [0.15, 0.2) is 78.5 Å². The van der Waals surface area contributed by atoms with Crippen LogP contribution >= 0.6 is 11.6 Å². The minimum absolute atomic E-state index is 0.0349. The predicted molar refractivity (Wildman–Crippen MR) is 120 cm³/mol. The van der Waals surface area contributed by atoms with Crippen molar-refractivity contribution in [3.63, 3.8) is 0 Å². The largest absolute Gasteiger partial charge is 0.276 e. The fourth-order valence-electron chi connectivity index (χ4n) is 3.19. The SMILES string of the molecule is O=S(=O)(Nc1cc(-c2cnc3n[nH]c(-c4cncnc4)c3c2)cnc1Cl)c1ccccc1. The molecule has 11 heteroatoms. The van der Waals surface area contributed by atoms with Crippen LogP contribution in [0.5, 0.6) is 0 Å². The standard InChI is InChI=1S/C21H14ClN7O2S/c22-20-18(29-32(30,31)16-4-2-1-3-5-16)7-14(10-25-20)13-6-17-19(15-8-23-12-24-9-15)27-28-21(17)26-11-13/h1-12,29H,(H,26,27,28). The molecule has 0 aliphatic rings. The van der Waals surface area contributed by atoms with Gasteiger partial charge >= 0.3 is 0 Å². The number of aromatic amines is 1. The van der Waals surface area contributed by atoms with Crippen LogP contribution in [0.25, 0.3) is 33.4 Å². The molecule has 0 saturated carbocycles.